The highest BCUT2D eigenvalue weighted by atomic mass is 16.5. The maximum absolute atomic E-state index is 12.2. The third-order valence-corrected chi connectivity index (χ3v) is 3.36. The second-order valence-electron chi connectivity index (χ2n) is 5.02. The first kappa shape index (κ1) is 13.6. The molecule has 0 aliphatic carbocycles. The molecule has 0 aromatic heterocycles. The van der Waals surface area contributed by atoms with E-state index in [1.54, 1.807) is 18.0 Å². The smallest absolute Gasteiger partial charge is 0.251 e. The minimum absolute atomic E-state index is 0.0201. The van der Waals surface area contributed by atoms with Gasteiger partial charge in [0, 0.05) is 13.6 Å². The van der Waals surface area contributed by atoms with Gasteiger partial charge < -0.3 is 9.64 Å². The predicted molar refractivity (Wildman–Crippen MR) is 71.2 cm³/mol. The topological polar surface area (TPSA) is 53.3 Å². The summed E-state index contributed by atoms with van der Waals surface area (Å²) in [6, 6.07) is 9.42. The third-order valence-electron chi connectivity index (χ3n) is 3.36. The number of carbonyl (C=O) groups is 1. The van der Waals surface area contributed by atoms with E-state index in [2.05, 4.69) is 6.07 Å². The second kappa shape index (κ2) is 5.85. The van der Waals surface area contributed by atoms with E-state index in [9.17, 15) is 4.79 Å². The van der Waals surface area contributed by atoms with Gasteiger partial charge in [0.15, 0.2) is 0 Å². The molecule has 0 bridgehead atoms. The summed E-state index contributed by atoms with van der Waals surface area (Å²) >= 11 is 0. The van der Waals surface area contributed by atoms with Crippen LogP contribution in [0.1, 0.15) is 30.9 Å². The van der Waals surface area contributed by atoms with Crippen molar-refractivity contribution in [3.8, 4) is 6.07 Å². The number of carbonyl (C=O) groups excluding carboxylic acids is 1. The molecule has 1 aromatic rings. The van der Waals surface area contributed by atoms with Gasteiger partial charge in [0.05, 0.1) is 17.7 Å². The quantitative estimate of drug-likeness (QED) is 0.834. The van der Waals surface area contributed by atoms with Crippen LogP contribution in [0.4, 0.5) is 0 Å². The van der Waals surface area contributed by atoms with Gasteiger partial charge in [0.1, 0.15) is 6.10 Å². The van der Waals surface area contributed by atoms with Crippen LogP contribution in [-0.4, -0.2) is 30.1 Å². The Kier molecular flexibility index (Phi) is 4.18. The van der Waals surface area contributed by atoms with Crippen LogP contribution in [0.5, 0.6) is 0 Å². The first-order chi connectivity index (χ1) is 9.10. The summed E-state index contributed by atoms with van der Waals surface area (Å²) in [6.07, 6.45) is 1.60. The van der Waals surface area contributed by atoms with Crippen LogP contribution in [-0.2, 0) is 16.1 Å². The van der Waals surface area contributed by atoms with Crippen molar-refractivity contribution >= 4 is 5.91 Å². The molecule has 2 atom stereocenters. The molecule has 1 saturated heterocycles. The Morgan fingerprint density at radius 3 is 2.95 bits per heavy atom. The van der Waals surface area contributed by atoms with Crippen LogP contribution in [0.3, 0.4) is 0 Å². The summed E-state index contributed by atoms with van der Waals surface area (Å²) in [4.78, 5) is 13.9. The summed E-state index contributed by atoms with van der Waals surface area (Å²) in [6.45, 7) is 2.49. The Bertz CT molecular complexity index is 507. The number of nitriles is 1. The summed E-state index contributed by atoms with van der Waals surface area (Å²) in [5, 5.41) is 8.86. The minimum Gasteiger partial charge on any atom is -0.365 e. The van der Waals surface area contributed by atoms with Gasteiger partial charge in [-0.1, -0.05) is 12.1 Å². The molecule has 0 spiro atoms. The van der Waals surface area contributed by atoms with Gasteiger partial charge in [0.2, 0.25) is 0 Å². The fourth-order valence-corrected chi connectivity index (χ4v) is 2.32. The summed E-state index contributed by atoms with van der Waals surface area (Å²) < 4.78 is 5.58. The van der Waals surface area contributed by atoms with E-state index in [4.69, 9.17) is 10.00 Å². The first-order valence-corrected chi connectivity index (χ1v) is 6.49. The predicted octanol–water partition coefficient (Wildman–Crippen LogP) is 2.08. The Balaban J connectivity index is 1.98. The molecule has 1 aliphatic heterocycles. The van der Waals surface area contributed by atoms with Crippen molar-refractivity contribution in [2.75, 3.05) is 7.05 Å². The first-order valence-electron chi connectivity index (χ1n) is 6.49. The molecule has 0 radical (unpaired) electrons. The van der Waals surface area contributed by atoms with Gasteiger partial charge in [0.25, 0.3) is 5.91 Å². The van der Waals surface area contributed by atoms with Crippen molar-refractivity contribution in [1.82, 2.24) is 4.90 Å². The lowest BCUT2D eigenvalue weighted by molar-refractivity contribution is -0.141. The Labute approximate surface area is 113 Å². The molecule has 1 aromatic carbocycles. The molecule has 19 heavy (non-hydrogen) atoms. The van der Waals surface area contributed by atoms with Crippen molar-refractivity contribution in [1.29, 1.82) is 5.26 Å². The van der Waals surface area contributed by atoms with E-state index in [0.717, 1.165) is 18.4 Å². The molecule has 4 heteroatoms. The maximum Gasteiger partial charge on any atom is 0.251 e. The second-order valence-corrected chi connectivity index (χ2v) is 5.02. The van der Waals surface area contributed by atoms with Crippen LogP contribution in [0.2, 0.25) is 0 Å². The molecule has 1 heterocycles. The number of amides is 1. The maximum atomic E-state index is 12.2. The summed E-state index contributed by atoms with van der Waals surface area (Å²) in [5.74, 6) is 0.0201. The average Bonchev–Trinajstić information content (AvgIpc) is 2.84. The number of benzene rings is 1. The number of hydrogen-bond acceptors (Lipinski definition) is 3. The van der Waals surface area contributed by atoms with Gasteiger partial charge in [-0.15, -0.1) is 0 Å². The van der Waals surface area contributed by atoms with E-state index in [1.807, 2.05) is 25.1 Å². The fraction of sp³-hybridized carbons (Fsp3) is 0.467. The van der Waals surface area contributed by atoms with Gasteiger partial charge in [-0.2, -0.15) is 5.26 Å². The molecule has 1 aliphatic rings. The summed E-state index contributed by atoms with van der Waals surface area (Å²) in [7, 11) is 1.77. The van der Waals surface area contributed by atoms with Crippen LogP contribution in [0.15, 0.2) is 24.3 Å². The van der Waals surface area contributed by atoms with Gasteiger partial charge in [-0.05, 0) is 37.5 Å². The molecule has 0 saturated carbocycles. The van der Waals surface area contributed by atoms with Crippen molar-refractivity contribution < 1.29 is 9.53 Å². The normalized spacial score (nSPS) is 21.9. The molecule has 2 rings (SSSR count). The zero-order chi connectivity index (χ0) is 13.8. The largest absolute Gasteiger partial charge is 0.365 e. The van der Waals surface area contributed by atoms with Crippen LogP contribution in [0, 0.1) is 11.3 Å². The molecular weight excluding hydrogens is 240 g/mol. The van der Waals surface area contributed by atoms with E-state index in [0.29, 0.717) is 12.1 Å². The van der Waals surface area contributed by atoms with Crippen molar-refractivity contribution in [2.45, 2.75) is 38.5 Å². The molecular formula is C15H18N2O2. The standard InChI is InChI=1S/C15H18N2O2/c1-11-6-7-14(19-11)15(18)17(2)10-13-5-3-4-12(8-13)9-16/h3-5,8,11,14H,6-7,10H2,1-2H3. The van der Waals surface area contributed by atoms with Crippen LogP contribution >= 0.6 is 0 Å². The number of ether oxygens (including phenoxy) is 1. The molecule has 2 unspecified atom stereocenters. The van der Waals surface area contributed by atoms with E-state index >= 15 is 0 Å². The number of likely N-dealkylation sites (N-methyl/N-ethyl adjacent to an activating group) is 1. The monoisotopic (exact) mass is 258 g/mol. The minimum atomic E-state index is -0.306. The SMILES string of the molecule is CC1CCC(C(=O)N(C)Cc2cccc(C#N)c2)O1. The lowest BCUT2D eigenvalue weighted by Gasteiger charge is -2.21. The Morgan fingerprint density at radius 1 is 1.53 bits per heavy atom. The molecule has 100 valence electrons. The Hall–Kier alpha value is -1.86. The average molecular weight is 258 g/mol. The van der Waals surface area contributed by atoms with Crippen molar-refractivity contribution in [2.24, 2.45) is 0 Å². The summed E-state index contributed by atoms with van der Waals surface area (Å²) in [5.41, 5.74) is 1.57. The lowest BCUT2D eigenvalue weighted by Crippen LogP contribution is -2.35. The fourth-order valence-electron chi connectivity index (χ4n) is 2.32. The molecule has 1 fully saturated rings. The Morgan fingerprint density at radius 2 is 2.32 bits per heavy atom. The van der Waals surface area contributed by atoms with Gasteiger partial charge in [-0.3, -0.25) is 4.79 Å². The van der Waals surface area contributed by atoms with Gasteiger partial charge in [-0.25, -0.2) is 0 Å². The van der Waals surface area contributed by atoms with Crippen LogP contribution in [0.25, 0.3) is 0 Å². The highest BCUT2D eigenvalue weighted by Crippen LogP contribution is 2.21. The zero-order valence-corrected chi connectivity index (χ0v) is 11.3. The van der Waals surface area contributed by atoms with E-state index in [1.165, 1.54) is 0 Å². The van der Waals surface area contributed by atoms with Crippen molar-refractivity contribution in [3.05, 3.63) is 35.4 Å². The highest BCUT2D eigenvalue weighted by Gasteiger charge is 2.30. The molecule has 4 nitrogen and oxygen atoms in total. The van der Waals surface area contributed by atoms with Crippen LogP contribution < -0.4 is 0 Å². The molecule has 1 amide bonds. The number of rotatable bonds is 3. The third kappa shape index (κ3) is 3.33. The lowest BCUT2D eigenvalue weighted by atomic mass is 10.1. The van der Waals surface area contributed by atoms with E-state index < -0.39 is 0 Å². The van der Waals surface area contributed by atoms with Gasteiger partial charge >= 0.3 is 0 Å². The number of hydrogen-bond donors (Lipinski definition) is 0. The molecule has 0 N–H and O–H groups in total. The number of nitrogens with zero attached hydrogens (tertiary/aromatic N) is 2. The van der Waals surface area contributed by atoms with Crippen molar-refractivity contribution in [3.63, 3.8) is 0 Å². The highest BCUT2D eigenvalue weighted by molar-refractivity contribution is 5.80. The van der Waals surface area contributed by atoms with E-state index in [-0.39, 0.29) is 18.1 Å². The zero-order valence-electron chi connectivity index (χ0n) is 11.3.